The third-order valence-corrected chi connectivity index (χ3v) is 4.08. The van der Waals surface area contributed by atoms with Crippen molar-refractivity contribution in [3.63, 3.8) is 0 Å². The summed E-state index contributed by atoms with van der Waals surface area (Å²) in [6, 6.07) is 5.46. The molecule has 3 aromatic heterocycles. The van der Waals surface area contributed by atoms with Crippen molar-refractivity contribution in [1.29, 1.82) is 0 Å². The fourth-order valence-electron chi connectivity index (χ4n) is 2.89. The summed E-state index contributed by atoms with van der Waals surface area (Å²) in [5.41, 5.74) is 2.97. The number of amides is 2. The van der Waals surface area contributed by atoms with E-state index in [1.807, 2.05) is 24.4 Å². The average molecular weight is 323 g/mol. The van der Waals surface area contributed by atoms with Crippen molar-refractivity contribution in [3.05, 3.63) is 54.2 Å². The molecule has 1 atom stereocenters. The van der Waals surface area contributed by atoms with Crippen LogP contribution in [0.3, 0.4) is 0 Å². The number of carbonyl (C=O) groups is 1. The lowest BCUT2D eigenvalue weighted by atomic mass is 9.94. The molecule has 0 bridgehead atoms. The lowest BCUT2D eigenvalue weighted by molar-refractivity contribution is 0.247. The van der Waals surface area contributed by atoms with Crippen LogP contribution < -0.4 is 10.6 Å². The first-order valence-electron chi connectivity index (χ1n) is 7.82. The van der Waals surface area contributed by atoms with Gasteiger partial charge in [-0.1, -0.05) is 6.07 Å². The molecule has 0 aromatic carbocycles. The first-order chi connectivity index (χ1) is 11.8. The number of rotatable bonds is 3. The molecule has 24 heavy (non-hydrogen) atoms. The number of nitrogens with one attached hydrogen (secondary N) is 3. The number of pyridine rings is 1. The largest absolute Gasteiger partial charge is 0.335 e. The van der Waals surface area contributed by atoms with Gasteiger partial charge in [0.2, 0.25) is 0 Å². The first kappa shape index (κ1) is 14.4. The van der Waals surface area contributed by atoms with Gasteiger partial charge in [-0.2, -0.15) is 10.2 Å². The zero-order valence-electron chi connectivity index (χ0n) is 12.9. The minimum absolute atomic E-state index is 0.112. The van der Waals surface area contributed by atoms with Gasteiger partial charge in [-0.25, -0.2) is 14.5 Å². The molecule has 0 spiro atoms. The molecule has 1 aliphatic rings. The number of hydrogen-bond acceptors (Lipinski definition) is 4. The molecule has 8 nitrogen and oxygen atoms in total. The number of aromatic amines is 1. The topological polar surface area (TPSA) is 101 Å². The molecule has 0 fully saturated rings. The maximum absolute atomic E-state index is 12.2. The predicted molar refractivity (Wildman–Crippen MR) is 87.9 cm³/mol. The van der Waals surface area contributed by atoms with Crippen molar-refractivity contribution in [1.82, 2.24) is 30.3 Å². The van der Waals surface area contributed by atoms with Gasteiger partial charge >= 0.3 is 6.03 Å². The predicted octanol–water partition coefficient (Wildman–Crippen LogP) is 1.67. The summed E-state index contributed by atoms with van der Waals surface area (Å²) in [4.78, 5) is 16.4. The molecular weight excluding hydrogens is 306 g/mol. The maximum Gasteiger partial charge on any atom is 0.319 e. The van der Waals surface area contributed by atoms with Crippen LogP contribution in [0.15, 0.2) is 43.0 Å². The molecule has 0 unspecified atom stereocenters. The summed E-state index contributed by atoms with van der Waals surface area (Å²) in [5.74, 6) is 0.700. The van der Waals surface area contributed by atoms with E-state index >= 15 is 0 Å². The number of fused-ring (bicyclic) bond motifs is 1. The fraction of sp³-hybridized carbons (Fsp3) is 0.250. The Morgan fingerprint density at radius 3 is 3.17 bits per heavy atom. The van der Waals surface area contributed by atoms with E-state index < -0.39 is 0 Å². The van der Waals surface area contributed by atoms with Gasteiger partial charge in [-0.05, 0) is 37.0 Å². The first-order valence-corrected chi connectivity index (χ1v) is 7.82. The van der Waals surface area contributed by atoms with Crippen LogP contribution in [0.2, 0.25) is 0 Å². The zero-order valence-corrected chi connectivity index (χ0v) is 12.9. The molecule has 0 saturated heterocycles. The van der Waals surface area contributed by atoms with Gasteiger partial charge in [0, 0.05) is 17.9 Å². The van der Waals surface area contributed by atoms with E-state index in [0.717, 1.165) is 19.3 Å². The summed E-state index contributed by atoms with van der Waals surface area (Å²) in [6.07, 6.45) is 9.46. The zero-order chi connectivity index (χ0) is 16.4. The molecular formula is C16H17N7O. The Balaban J connectivity index is 1.36. The second-order valence-electron chi connectivity index (χ2n) is 5.77. The van der Waals surface area contributed by atoms with Crippen molar-refractivity contribution in [2.75, 3.05) is 5.32 Å². The minimum atomic E-state index is -0.229. The quantitative estimate of drug-likeness (QED) is 0.682. The van der Waals surface area contributed by atoms with Gasteiger partial charge in [0.25, 0.3) is 0 Å². The lowest BCUT2D eigenvalue weighted by Gasteiger charge is -2.22. The molecule has 3 heterocycles. The molecule has 3 aromatic rings. The lowest BCUT2D eigenvalue weighted by Crippen LogP contribution is -2.41. The highest BCUT2D eigenvalue weighted by molar-refractivity contribution is 5.89. The number of nitrogens with zero attached hydrogens (tertiary/aromatic N) is 4. The number of aryl methyl sites for hydroxylation is 1. The minimum Gasteiger partial charge on any atom is -0.335 e. The Morgan fingerprint density at radius 1 is 1.33 bits per heavy atom. The van der Waals surface area contributed by atoms with Crippen molar-refractivity contribution in [3.8, 4) is 5.82 Å². The van der Waals surface area contributed by atoms with E-state index in [2.05, 4.69) is 30.9 Å². The SMILES string of the molecule is O=C(Nc1cnn(-c2ccccn2)c1)N[C@H]1CCc2[nH]ncc2C1. The van der Waals surface area contributed by atoms with E-state index in [1.165, 1.54) is 11.3 Å². The van der Waals surface area contributed by atoms with Crippen molar-refractivity contribution in [2.24, 2.45) is 0 Å². The van der Waals surface area contributed by atoms with E-state index in [4.69, 9.17) is 0 Å². The van der Waals surface area contributed by atoms with Crippen LogP contribution in [0, 0.1) is 0 Å². The summed E-state index contributed by atoms with van der Waals surface area (Å²) < 4.78 is 1.62. The number of anilines is 1. The van der Waals surface area contributed by atoms with E-state index in [9.17, 15) is 4.79 Å². The molecule has 3 N–H and O–H groups in total. The van der Waals surface area contributed by atoms with Gasteiger partial charge in [0.15, 0.2) is 5.82 Å². The number of H-pyrrole nitrogens is 1. The van der Waals surface area contributed by atoms with Crippen molar-refractivity contribution >= 4 is 11.7 Å². The third-order valence-electron chi connectivity index (χ3n) is 4.08. The molecule has 1 aliphatic carbocycles. The summed E-state index contributed by atoms with van der Waals surface area (Å²) in [7, 11) is 0. The van der Waals surface area contributed by atoms with Crippen molar-refractivity contribution in [2.45, 2.75) is 25.3 Å². The summed E-state index contributed by atoms with van der Waals surface area (Å²) in [5, 5.41) is 17.1. The van der Waals surface area contributed by atoms with Crippen LogP contribution in [0.4, 0.5) is 10.5 Å². The number of urea groups is 1. The number of hydrogen-bond donors (Lipinski definition) is 3. The van der Waals surface area contributed by atoms with Crippen molar-refractivity contribution < 1.29 is 4.79 Å². The Bertz CT molecular complexity index is 839. The molecule has 4 rings (SSSR count). The van der Waals surface area contributed by atoms with Gasteiger partial charge in [-0.3, -0.25) is 5.10 Å². The Hall–Kier alpha value is -3.16. The molecule has 2 amide bonds. The number of aromatic nitrogens is 5. The average Bonchev–Trinajstić information content (AvgIpc) is 3.24. The third kappa shape index (κ3) is 2.98. The summed E-state index contributed by atoms with van der Waals surface area (Å²) in [6.45, 7) is 0. The smallest absolute Gasteiger partial charge is 0.319 e. The Kier molecular flexibility index (Phi) is 3.70. The second kappa shape index (κ2) is 6.15. The van der Waals surface area contributed by atoms with Gasteiger partial charge in [0.05, 0.1) is 24.3 Å². The van der Waals surface area contributed by atoms with Crippen LogP contribution in [-0.4, -0.2) is 37.0 Å². The molecule has 122 valence electrons. The Morgan fingerprint density at radius 2 is 2.29 bits per heavy atom. The van der Waals surface area contributed by atoms with Gasteiger partial charge in [-0.15, -0.1) is 0 Å². The van der Waals surface area contributed by atoms with Crippen LogP contribution >= 0.6 is 0 Å². The second-order valence-corrected chi connectivity index (χ2v) is 5.77. The highest BCUT2D eigenvalue weighted by Crippen LogP contribution is 2.19. The van der Waals surface area contributed by atoms with Gasteiger partial charge < -0.3 is 10.6 Å². The normalized spacial score (nSPS) is 16.4. The van der Waals surface area contributed by atoms with E-state index in [0.29, 0.717) is 11.5 Å². The Labute approximate surface area is 138 Å². The molecule has 0 aliphatic heterocycles. The fourth-order valence-corrected chi connectivity index (χ4v) is 2.89. The van der Waals surface area contributed by atoms with Crippen LogP contribution in [0.5, 0.6) is 0 Å². The van der Waals surface area contributed by atoms with E-state index in [-0.39, 0.29) is 12.1 Å². The summed E-state index contributed by atoms with van der Waals surface area (Å²) >= 11 is 0. The van der Waals surface area contributed by atoms with Gasteiger partial charge in [0.1, 0.15) is 0 Å². The standard InChI is InChI=1S/C16H17N7O/c24-16(20-12-4-5-14-11(7-12)8-18-22-14)21-13-9-19-23(10-13)15-3-1-2-6-17-15/h1-3,6,8-10,12H,4-5,7H2,(H,18,22)(H2,20,21,24)/t12-/m0/s1. The van der Waals surface area contributed by atoms with E-state index in [1.54, 1.807) is 23.3 Å². The van der Waals surface area contributed by atoms with Crippen LogP contribution in [-0.2, 0) is 12.8 Å². The highest BCUT2D eigenvalue weighted by Gasteiger charge is 2.21. The molecule has 0 saturated carbocycles. The number of carbonyl (C=O) groups excluding carboxylic acids is 1. The molecule has 0 radical (unpaired) electrons. The maximum atomic E-state index is 12.2. The highest BCUT2D eigenvalue weighted by atomic mass is 16.2. The van der Waals surface area contributed by atoms with Crippen LogP contribution in [0.1, 0.15) is 17.7 Å². The monoisotopic (exact) mass is 323 g/mol. The molecule has 8 heteroatoms. The van der Waals surface area contributed by atoms with Crippen LogP contribution in [0.25, 0.3) is 5.82 Å².